The van der Waals surface area contributed by atoms with Crippen LogP contribution in [-0.4, -0.2) is 29.3 Å². The summed E-state index contributed by atoms with van der Waals surface area (Å²) in [5.41, 5.74) is 7.74. The molecule has 3 N–H and O–H groups in total. The number of rotatable bonds is 4. The molecule has 2 fully saturated rings. The van der Waals surface area contributed by atoms with E-state index in [9.17, 15) is 9.59 Å². The van der Waals surface area contributed by atoms with Gasteiger partial charge in [0, 0.05) is 37.2 Å². The minimum Gasteiger partial charge on any atom is -0.338 e. The molecule has 1 aromatic rings. The van der Waals surface area contributed by atoms with Crippen molar-refractivity contribution in [1.29, 1.82) is 0 Å². The van der Waals surface area contributed by atoms with E-state index in [-0.39, 0.29) is 36.2 Å². The van der Waals surface area contributed by atoms with E-state index in [2.05, 4.69) is 5.32 Å². The van der Waals surface area contributed by atoms with Crippen molar-refractivity contribution < 1.29 is 9.59 Å². The van der Waals surface area contributed by atoms with E-state index >= 15 is 0 Å². The van der Waals surface area contributed by atoms with Gasteiger partial charge in [-0.25, -0.2) is 0 Å². The van der Waals surface area contributed by atoms with Crippen molar-refractivity contribution in [3.05, 3.63) is 29.8 Å². The van der Waals surface area contributed by atoms with E-state index < -0.39 is 0 Å². The third-order valence-electron chi connectivity index (χ3n) is 4.83. The first-order valence-corrected chi connectivity index (χ1v) is 8.55. The van der Waals surface area contributed by atoms with Gasteiger partial charge >= 0.3 is 0 Å². The van der Waals surface area contributed by atoms with Gasteiger partial charge in [-0.1, -0.05) is 12.1 Å². The number of carbonyl (C=O) groups excluding carboxylic acids is 2. The van der Waals surface area contributed by atoms with Crippen LogP contribution in [0.25, 0.3) is 0 Å². The second-order valence-electron chi connectivity index (χ2n) is 6.73. The van der Waals surface area contributed by atoms with E-state index in [0.29, 0.717) is 13.0 Å². The van der Waals surface area contributed by atoms with Gasteiger partial charge in [0.1, 0.15) is 0 Å². The lowest BCUT2D eigenvalue weighted by Crippen LogP contribution is -2.34. The fourth-order valence-corrected chi connectivity index (χ4v) is 3.50. The van der Waals surface area contributed by atoms with E-state index in [1.54, 1.807) is 0 Å². The van der Waals surface area contributed by atoms with Crippen LogP contribution in [0.15, 0.2) is 24.3 Å². The Hall–Kier alpha value is -1.59. The van der Waals surface area contributed by atoms with Crippen LogP contribution in [0.5, 0.6) is 0 Å². The number of hydrogen-bond acceptors (Lipinski definition) is 3. The highest BCUT2D eigenvalue weighted by Crippen LogP contribution is 2.26. The molecule has 1 heterocycles. The first-order valence-electron chi connectivity index (χ1n) is 8.55. The highest BCUT2D eigenvalue weighted by Gasteiger charge is 2.27. The van der Waals surface area contributed by atoms with Crippen molar-refractivity contribution in [2.45, 2.75) is 51.1 Å². The predicted octanol–water partition coefficient (Wildman–Crippen LogP) is 2.69. The van der Waals surface area contributed by atoms with Crippen LogP contribution >= 0.6 is 12.4 Å². The maximum Gasteiger partial charge on any atom is 0.227 e. The number of nitrogens with zero attached hydrogens (tertiary/aromatic N) is 1. The second kappa shape index (κ2) is 8.49. The van der Waals surface area contributed by atoms with Gasteiger partial charge in [-0.2, -0.15) is 0 Å². The van der Waals surface area contributed by atoms with Crippen LogP contribution < -0.4 is 11.1 Å². The SMILES string of the molecule is Cl.NC1CCC(C(=O)Nc2cccc(CN3CCCCC3=O)c2)C1. The Balaban J connectivity index is 0.00000208. The number of likely N-dealkylation sites (tertiary alicyclic amines) is 1. The van der Waals surface area contributed by atoms with Crippen molar-refractivity contribution in [1.82, 2.24) is 4.90 Å². The number of piperidine rings is 1. The molecule has 0 spiro atoms. The summed E-state index contributed by atoms with van der Waals surface area (Å²) in [5.74, 6) is 0.312. The van der Waals surface area contributed by atoms with Gasteiger partial charge < -0.3 is 16.0 Å². The normalized spacial score (nSPS) is 23.7. The zero-order valence-corrected chi connectivity index (χ0v) is 14.7. The Labute approximate surface area is 149 Å². The number of nitrogens with two attached hydrogens (primary N) is 1. The maximum atomic E-state index is 12.3. The molecule has 1 aliphatic heterocycles. The quantitative estimate of drug-likeness (QED) is 0.875. The molecule has 3 rings (SSSR count). The van der Waals surface area contributed by atoms with Crippen molar-refractivity contribution in [2.75, 3.05) is 11.9 Å². The third kappa shape index (κ3) is 4.71. The van der Waals surface area contributed by atoms with Gasteiger partial charge in [0.05, 0.1) is 0 Å². The smallest absolute Gasteiger partial charge is 0.227 e. The molecule has 2 amide bonds. The first-order chi connectivity index (χ1) is 11.1. The molecule has 132 valence electrons. The molecule has 24 heavy (non-hydrogen) atoms. The van der Waals surface area contributed by atoms with Crippen LogP contribution in [0.4, 0.5) is 5.69 Å². The van der Waals surface area contributed by atoms with Gasteiger partial charge in [0.15, 0.2) is 0 Å². The number of hydrogen-bond donors (Lipinski definition) is 2. The summed E-state index contributed by atoms with van der Waals surface area (Å²) >= 11 is 0. The number of anilines is 1. The van der Waals surface area contributed by atoms with Gasteiger partial charge in [-0.15, -0.1) is 12.4 Å². The molecule has 1 saturated heterocycles. The lowest BCUT2D eigenvalue weighted by Gasteiger charge is -2.27. The molecule has 0 radical (unpaired) electrons. The van der Waals surface area contributed by atoms with E-state index in [0.717, 1.165) is 49.9 Å². The Morgan fingerprint density at radius 3 is 2.83 bits per heavy atom. The first kappa shape index (κ1) is 18.7. The van der Waals surface area contributed by atoms with Crippen LogP contribution in [-0.2, 0) is 16.1 Å². The minimum atomic E-state index is 0. The summed E-state index contributed by atoms with van der Waals surface area (Å²) < 4.78 is 0. The average Bonchev–Trinajstić information content (AvgIpc) is 2.97. The average molecular weight is 352 g/mol. The highest BCUT2D eigenvalue weighted by atomic mass is 35.5. The van der Waals surface area contributed by atoms with Gasteiger partial charge in [-0.05, 0) is 49.8 Å². The fourth-order valence-electron chi connectivity index (χ4n) is 3.50. The molecule has 0 bridgehead atoms. The second-order valence-corrected chi connectivity index (χ2v) is 6.73. The van der Waals surface area contributed by atoms with E-state index in [1.807, 2.05) is 29.2 Å². The number of benzene rings is 1. The molecule has 1 saturated carbocycles. The van der Waals surface area contributed by atoms with Crippen LogP contribution in [0.2, 0.25) is 0 Å². The molecule has 2 aliphatic rings. The van der Waals surface area contributed by atoms with Crippen molar-refractivity contribution in [3.8, 4) is 0 Å². The Morgan fingerprint density at radius 1 is 1.29 bits per heavy atom. The van der Waals surface area contributed by atoms with E-state index in [1.165, 1.54) is 0 Å². The topological polar surface area (TPSA) is 75.4 Å². The molecule has 2 unspecified atom stereocenters. The number of carbonyl (C=O) groups is 2. The van der Waals surface area contributed by atoms with Crippen LogP contribution in [0.1, 0.15) is 44.1 Å². The summed E-state index contributed by atoms with van der Waals surface area (Å²) in [4.78, 5) is 26.1. The van der Waals surface area contributed by atoms with Gasteiger partial charge in [-0.3, -0.25) is 9.59 Å². The third-order valence-corrected chi connectivity index (χ3v) is 4.83. The molecule has 2 atom stereocenters. The van der Waals surface area contributed by atoms with E-state index in [4.69, 9.17) is 5.73 Å². The summed E-state index contributed by atoms with van der Waals surface area (Å²) in [7, 11) is 0. The van der Waals surface area contributed by atoms with Crippen LogP contribution in [0, 0.1) is 5.92 Å². The Kier molecular flexibility index (Phi) is 6.63. The number of amides is 2. The predicted molar refractivity (Wildman–Crippen MR) is 96.9 cm³/mol. The largest absolute Gasteiger partial charge is 0.338 e. The number of nitrogens with one attached hydrogen (secondary N) is 1. The molecule has 6 heteroatoms. The summed E-state index contributed by atoms with van der Waals surface area (Å²) in [6, 6.07) is 7.95. The molecule has 0 aromatic heterocycles. The Bertz CT molecular complexity index is 593. The summed E-state index contributed by atoms with van der Waals surface area (Å²) in [6.45, 7) is 1.45. The highest BCUT2D eigenvalue weighted by molar-refractivity contribution is 5.92. The zero-order chi connectivity index (χ0) is 16.2. The maximum absolute atomic E-state index is 12.3. The Morgan fingerprint density at radius 2 is 2.12 bits per heavy atom. The molecular weight excluding hydrogens is 326 g/mol. The summed E-state index contributed by atoms with van der Waals surface area (Å²) in [6.07, 6.45) is 5.29. The molecular formula is C18H26ClN3O2. The molecule has 5 nitrogen and oxygen atoms in total. The van der Waals surface area contributed by atoms with Crippen LogP contribution in [0.3, 0.4) is 0 Å². The zero-order valence-electron chi connectivity index (χ0n) is 13.9. The van der Waals surface area contributed by atoms with Gasteiger partial charge in [0.2, 0.25) is 11.8 Å². The minimum absolute atomic E-state index is 0. The monoisotopic (exact) mass is 351 g/mol. The van der Waals surface area contributed by atoms with Gasteiger partial charge in [0.25, 0.3) is 0 Å². The lowest BCUT2D eigenvalue weighted by atomic mass is 10.1. The van der Waals surface area contributed by atoms with Crippen molar-refractivity contribution in [3.63, 3.8) is 0 Å². The standard InChI is InChI=1S/C18H25N3O2.ClH/c19-15-8-7-14(11-15)18(23)20-16-5-3-4-13(10-16)12-21-9-2-1-6-17(21)22;/h3-5,10,14-15H,1-2,6-9,11-12,19H2,(H,20,23);1H. The lowest BCUT2D eigenvalue weighted by molar-refractivity contribution is -0.133. The van der Waals surface area contributed by atoms with Crippen molar-refractivity contribution >= 4 is 29.9 Å². The fraction of sp³-hybridized carbons (Fsp3) is 0.556. The van der Waals surface area contributed by atoms with Crippen molar-refractivity contribution in [2.24, 2.45) is 11.7 Å². The molecule has 1 aromatic carbocycles. The summed E-state index contributed by atoms with van der Waals surface area (Å²) in [5, 5.41) is 3.00. The molecule has 1 aliphatic carbocycles. The number of halogens is 1.